The van der Waals surface area contributed by atoms with Crippen LogP contribution in [-0.2, 0) is 15.9 Å². The van der Waals surface area contributed by atoms with Crippen LogP contribution in [0.25, 0.3) is 291 Å². The van der Waals surface area contributed by atoms with E-state index in [0.717, 1.165) is 5.71 Å². The molecule has 0 aromatic heterocycles. The van der Waals surface area contributed by atoms with Crippen molar-refractivity contribution in [3.63, 3.8) is 0 Å². The number of oxime groups is 1. The fourth-order valence-electron chi connectivity index (χ4n) is 25.1. The van der Waals surface area contributed by atoms with Crippen LogP contribution in [0.15, 0.2) is 29.4 Å². The lowest BCUT2D eigenvalue weighted by molar-refractivity contribution is -0.0122. The molecule has 72 heavy (non-hydrogen) atoms. The zero-order chi connectivity index (χ0) is 43.0. The average Bonchev–Trinajstić information content (AvgIpc) is 4.42. The Morgan fingerprint density at radius 3 is 0.667 bits per heavy atom. The highest BCUT2D eigenvalue weighted by molar-refractivity contribution is 6.82. The maximum atomic E-state index is 8.16. The Balaban J connectivity index is 1.14. The van der Waals surface area contributed by atoms with E-state index in [0.29, 0.717) is 0 Å². The van der Waals surface area contributed by atoms with Gasteiger partial charge in [-0.3, -0.25) is 0 Å². The first-order valence-electron chi connectivity index (χ1n) is 26.5. The molecule has 5 aliphatic rings. The Labute approximate surface area is 392 Å². The molecule has 1 heterocycles. The van der Waals surface area contributed by atoms with Gasteiger partial charge < -0.3 is 9.74 Å². The Kier molecular flexibility index (Phi) is 2.25. The van der Waals surface area contributed by atoms with Crippen molar-refractivity contribution >= 4 is 302 Å². The van der Waals surface area contributed by atoms with Gasteiger partial charge in [-0.15, -0.1) is 0 Å². The number of hydrogen-bond donors (Lipinski definition) is 0. The van der Waals surface area contributed by atoms with Crippen LogP contribution in [0.1, 0.15) is 27.8 Å². The SMILES string of the molecule is CN(C)c1ccc(C2=NOC34c5c6c7c8c9c%10c(c%11c%12c3c3c5c5c%13c6c6c7c7c9c9c%14c%10c%10c%11c%11c%12c%12c3c3c5c5c%13c%13c6c6c7c9c7c9c%14c%10c%10c%11c%11c%12c3c3c5c5c%13c6c7c6c9c%10c%11c3c56)C284)cc1. The second kappa shape index (κ2) is 6.06. The highest BCUT2D eigenvalue weighted by Crippen LogP contribution is 2.85. The third-order valence-corrected chi connectivity index (χ3v) is 25.5. The number of anilines is 1. The Morgan fingerprint density at radius 1 is 0.264 bits per heavy atom. The van der Waals surface area contributed by atoms with E-state index in [1.165, 1.54) is 43.9 Å². The number of nitrogens with zero attached hydrogens (tertiary/aromatic N) is 2. The molecule has 0 amide bonds. The van der Waals surface area contributed by atoms with Crippen LogP contribution in [0.4, 0.5) is 5.69 Å². The quantitative estimate of drug-likeness (QED) is 0.162. The fraction of sp³-hybridized carbons (Fsp3) is 0.0580. The van der Waals surface area contributed by atoms with Crippen LogP contribution in [0.3, 0.4) is 0 Å². The van der Waals surface area contributed by atoms with Crippen molar-refractivity contribution in [1.82, 2.24) is 0 Å². The fourth-order valence-corrected chi connectivity index (χ4v) is 25.1. The topological polar surface area (TPSA) is 24.8 Å². The van der Waals surface area contributed by atoms with E-state index >= 15 is 0 Å². The first-order chi connectivity index (χ1) is 35.7. The molecule has 0 saturated heterocycles. The summed E-state index contributed by atoms with van der Waals surface area (Å²) >= 11 is 0. The van der Waals surface area contributed by atoms with Crippen LogP contribution in [0.5, 0.6) is 0 Å². The van der Waals surface area contributed by atoms with Crippen molar-refractivity contribution in [1.29, 1.82) is 0 Å². The lowest BCUT2D eigenvalue weighted by Crippen LogP contribution is -2.54. The molecule has 0 saturated carbocycles. The van der Waals surface area contributed by atoms with E-state index in [2.05, 4.69) is 43.3 Å². The second-order valence-electron chi connectivity index (χ2n) is 26.2. The third kappa shape index (κ3) is 1.41. The van der Waals surface area contributed by atoms with Gasteiger partial charge in [0.25, 0.3) is 0 Å². The minimum Gasteiger partial charge on any atom is -0.378 e. The van der Waals surface area contributed by atoms with E-state index in [1.807, 2.05) is 0 Å². The van der Waals surface area contributed by atoms with Gasteiger partial charge >= 0.3 is 0 Å². The van der Waals surface area contributed by atoms with E-state index in [1.54, 1.807) is 280 Å². The predicted molar refractivity (Wildman–Crippen MR) is 302 cm³/mol. The molecular weight excluding hydrogens is 873 g/mol. The summed E-state index contributed by atoms with van der Waals surface area (Å²) in [7, 11) is 4.33. The van der Waals surface area contributed by atoms with Gasteiger partial charge in [0.05, 0.1) is 0 Å². The second-order valence-corrected chi connectivity index (χ2v) is 26.2. The first kappa shape index (κ1) is 26.8. The molecule has 34 rings (SSSR count). The lowest BCUT2D eigenvalue weighted by Gasteiger charge is -2.47. The lowest BCUT2D eigenvalue weighted by atomic mass is 9.52. The van der Waals surface area contributed by atoms with Crippen LogP contribution in [0.2, 0.25) is 0 Å². The summed E-state index contributed by atoms with van der Waals surface area (Å²) < 4.78 is 0. The molecule has 2 spiro atoms. The zero-order valence-corrected chi connectivity index (χ0v) is 37.1. The zero-order valence-electron chi connectivity index (χ0n) is 37.1. The standard InChI is InChI=1S/C69H10N2O/c1-71(2)8-5-3-7(4-6-8)67-68-63-55-47-37-27-19-11-9-10-13-17-15(11)23-31-25(17)35-29-21(13)22-14(10)18-16-12(9)20(19)28-34-24(16)32-26(18)36-30(22)40-39(29)51-45(35)53-43(31)49(41(47)33(23)27)57(63)59(53)65-61(51)62-52(40)46(36)54-44(32)50-42(34)48(38(28)37)56(55)64(68)58(50)60(54)66(62)69(65,68)72-70-67/h3-6H,1-2H3. The van der Waals surface area contributed by atoms with Crippen LogP contribution in [-0.4, -0.2) is 19.8 Å². The average molecular weight is 883 g/mol. The smallest absolute Gasteiger partial charge is 0.209 e. The van der Waals surface area contributed by atoms with E-state index in [-0.39, 0.29) is 0 Å². The number of rotatable bonds is 2. The van der Waals surface area contributed by atoms with Crippen molar-refractivity contribution < 1.29 is 4.84 Å². The van der Waals surface area contributed by atoms with Gasteiger partial charge in [0.1, 0.15) is 11.1 Å². The molecule has 1 aliphatic heterocycles. The Bertz CT molecular complexity index is 7330. The van der Waals surface area contributed by atoms with Gasteiger partial charge in [-0.05, 0) is 314 Å². The molecule has 0 fully saturated rings. The minimum absolute atomic E-state index is 0.683. The highest BCUT2D eigenvalue weighted by Gasteiger charge is 2.76. The van der Waals surface area contributed by atoms with Crippen LogP contribution in [0, 0.1) is 0 Å². The maximum Gasteiger partial charge on any atom is 0.209 e. The molecule has 0 unspecified atom stereocenters. The minimum atomic E-state index is -0.853. The van der Waals surface area contributed by atoms with Crippen molar-refractivity contribution in [3.8, 4) is 0 Å². The van der Waals surface area contributed by atoms with Crippen molar-refractivity contribution in [2.45, 2.75) is 11.0 Å². The number of benzene rings is 19. The summed E-state index contributed by atoms with van der Waals surface area (Å²) in [6, 6.07) is 9.49. The molecule has 3 nitrogen and oxygen atoms in total. The molecular formula is C69H10N2O. The van der Waals surface area contributed by atoms with Crippen molar-refractivity contribution in [2.24, 2.45) is 5.16 Å². The molecule has 302 valence electrons. The van der Waals surface area contributed by atoms with Gasteiger partial charge in [-0.25, -0.2) is 0 Å². The van der Waals surface area contributed by atoms with Gasteiger partial charge in [0.15, 0.2) is 0 Å². The van der Waals surface area contributed by atoms with Crippen LogP contribution >= 0.6 is 0 Å². The number of hydrogen-bond acceptors (Lipinski definition) is 3. The molecule has 0 bridgehead atoms. The monoisotopic (exact) mass is 882 g/mol. The molecule has 4 aliphatic carbocycles. The molecule has 0 atom stereocenters. The van der Waals surface area contributed by atoms with E-state index < -0.39 is 11.0 Å². The van der Waals surface area contributed by atoms with E-state index in [9.17, 15) is 0 Å². The summed E-state index contributed by atoms with van der Waals surface area (Å²) in [5, 5.41) is 92.3. The third-order valence-electron chi connectivity index (χ3n) is 25.5. The van der Waals surface area contributed by atoms with Gasteiger partial charge in [0, 0.05) is 36.5 Å². The molecule has 3 heteroatoms. The van der Waals surface area contributed by atoms with Gasteiger partial charge in [0.2, 0.25) is 5.60 Å². The predicted octanol–water partition coefficient (Wildman–Crippen LogP) is 17.8. The van der Waals surface area contributed by atoms with Gasteiger partial charge in [-0.2, -0.15) is 0 Å². The summed E-state index contributed by atoms with van der Waals surface area (Å²) in [6.07, 6.45) is 0. The molecule has 29 aromatic rings. The molecule has 0 radical (unpaired) electrons. The first-order valence-corrected chi connectivity index (χ1v) is 26.5. The summed E-state index contributed by atoms with van der Waals surface area (Å²) in [6.45, 7) is 0. The van der Waals surface area contributed by atoms with Crippen molar-refractivity contribution in [3.05, 3.63) is 52.1 Å². The van der Waals surface area contributed by atoms with E-state index in [4.69, 9.17) is 9.99 Å². The Morgan fingerprint density at radius 2 is 0.458 bits per heavy atom. The van der Waals surface area contributed by atoms with Crippen LogP contribution < -0.4 is 4.90 Å². The molecule has 29 aromatic carbocycles. The van der Waals surface area contributed by atoms with Crippen molar-refractivity contribution in [2.75, 3.05) is 19.0 Å². The highest BCUT2D eigenvalue weighted by atomic mass is 16.7. The molecule has 0 N–H and O–H groups in total. The summed E-state index contributed by atoms with van der Waals surface area (Å²) in [5.41, 5.74) is 8.12. The largest absolute Gasteiger partial charge is 0.378 e. The van der Waals surface area contributed by atoms with Gasteiger partial charge in [-0.1, -0.05) is 17.3 Å². The Hall–Kier alpha value is -9.05. The maximum absolute atomic E-state index is 8.16. The normalized spacial score (nSPS) is 22.1. The summed E-state index contributed by atoms with van der Waals surface area (Å²) in [5.74, 6) is 0. The summed E-state index contributed by atoms with van der Waals surface area (Å²) in [4.78, 5) is 10.4.